The van der Waals surface area contributed by atoms with Crippen LogP contribution in [0.25, 0.3) is 60.5 Å². The second-order valence-electron chi connectivity index (χ2n) is 19.9. The van der Waals surface area contributed by atoms with Gasteiger partial charge < -0.3 is 9.47 Å². The number of para-hydroxylation sites is 2. The number of rotatable bonds is 8. The molecule has 2 heteroatoms. The predicted molar refractivity (Wildman–Crippen MR) is 308 cm³/mol. The first-order valence-corrected chi connectivity index (χ1v) is 25.8. The second-order valence-corrected chi connectivity index (χ2v) is 19.9. The summed E-state index contributed by atoms with van der Waals surface area (Å²) in [4.78, 5) is 2.48. The molecule has 15 rings (SSSR count). The van der Waals surface area contributed by atoms with Gasteiger partial charge in [0.2, 0.25) is 0 Å². The van der Waals surface area contributed by atoms with Gasteiger partial charge in [-0.2, -0.15) is 0 Å². The zero-order chi connectivity index (χ0) is 48.8. The van der Waals surface area contributed by atoms with E-state index < -0.39 is 10.8 Å². The highest BCUT2D eigenvalue weighted by Gasteiger charge is 2.48. The van der Waals surface area contributed by atoms with Gasteiger partial charge in [0.15, 0.2) is 0 Å². The van der Waals surface area contributed by atoms with Crippen molar-refractivity contribution in [2.75, 3.05) is 4.90 Å². The molecule has 0 aliphatic heterocycles. The molecule has 0 N–H and O–H groups in total. The van der Waals surface area contributed by atoms with E-state index in [1.54, 1.807) is 0 Å². The first-order chi connectivity index (χ1) is 36.7. The first-order valence-electron chi connectivity index (χ1n) is 25.8. The number of aromatic nitrogens is 1. The number of hydrogen-bond donors (Lipinski definition) is 0. The first kappa shape index (κ1) is 42.2. The molecule has 0 saturated carbocycles. The molecule has 1 unspecified atom stereocenters. The van der Waals surface area contributed by atoms with Crippen LogP contribution in [-0.2, 0) is 10.8 Å². The van der Waals surface area contributed by atoms with Crippen molar-refractivity contribution < 1.29 is 0 Å². The lowest BCUT2D eigenvalue weighted by atomic mass is 9.67. The summed E-state index contributed by atoms with van der Waals surface area (Å²) in [5.74, 6) is 0. The van der Waals surface area contributed by atoms with Crippen LogP contribution in [0.1, 0.15) is 44.5 Å². The van der Waals surface area contributed by atoms with Crippen LogP contribution in [0.2, 0.25) is 0 Å². The fraction of sp³-hybridized carbons (Fsp3) is 0.0278. The minimum atomic E-state index is -0.671. The molecule has 0 saturated heterocycles. The Morgan fingerprint density at radius 1 is 0.257 bits per heavy atom. The summed E-state index contributed by atoms with van der Waals surface area (Å²) in [6.07, 6.45) is 0. The quantitative estimate of drug-likeness (QED) is 0.147. The van der Waals surface area contributed by atoms with E-state index in [-0.39, 0.29) is 0 Å². The zero-order valence-corrected chi connectivity index (χ0v) is 40.6. The van der Waals surface area contributed by atoms with Crippen molar-refractivity contribution in [3.63, 3.8) is 0 Å². The van der Waals surface area contributed by atoms with Crippen LogP contribution in [0, 0.1) is 0 Å². The van der Waals surface area contributed by atoms with Crippen LogP contribution >= 0.6 is 0 Å². The monoisotopic (exact) mass is 940 g/mol. The Hall–Kier alpha value is -9.50. The average Bonchev–Trinajstić information content (AvgIpc) is 4.15. The van der Waals surface area contributed by atoms with Gasteiger partial charge in [-0.25, -0.2) is 0 Å². The maximum atomic E-state index is 2.50. The van der Waals surface area contributed by atoms with Gasteiger partial charge in [-0.05, 0) is 127 Å². The van der Waals surface area contributed by atoms with E-state index in [4.69, 9.17) is 0 Å². The molecule has 0 bridgehead atoms. The van der Waals surface area contributed by atoms with Crippen LogP contribution < -0.4 is 4.90 Å². The summed E-state index contributed by atoms with van der Waals surface area (Å²) in [6, 6.07) is 109. The van der Waals surface area contributed by atoms with Crippen molar-refractivity contribution in [3.8, 4) is 27.9 Å². The third kappa shape index (κ3) is 5.94. The van der Waals surface area contributed by atoms with Crippen LogP contribution in [0.4, 0.5) is 17.1 Å². The molecular formula is C72H48N2. The molecule has 0 amide bonds. The smallest absolute Gasteiger partial charge is 0.0715 e. The van der Waals surface area contributed by atoms with Crippen LogP contribution in [0.15, 0.2) is 291 Å². The molecule has 0 radical (unpaired) electrons. The third-order valence-corrected chi connectivity index (χ3v) is 16.3. The van der Waals surface area contributed by atoms with E-state index in [1.165, 1.54) is 105 Å². The Bertz CT molecular complexity index is 4260. The summed E-state index contributed by atoms with van der Waals surface area (Å²) in [6.45, 7) is 0. The van der Waals surface area contributed by atoms with Crippen molar-refractivity contribution in [3.05, 3.63) is 336 Å². The Morgan fingerprint density at radius 2 is 0.703 bits per heavy atom. The summed E-state index contributed by atoms with van der Waals surface area (Å²) in [5, 5.41) is 4.92. The molecular weight excluding hydrogens is 893 g/mol. The highest BCUT2D eigenvalue weighted by molar-refractivity contribution is 6.11. The molecule has 0 fully saturated rings. The fourth-order valence-corrected chi connectivity index (χ4v) is 13.3. The molecule has 2 nitrogen and oxygen atoms in total. The number of benzene rings is 12. The molecule has 2 aliphatic rings. The lowest BCUT2D eigenvalue weighted by Crippen LogP contribution is -2.29. The molecule has 1 heterocycles. The van der Waals surface area contributed by atoms with Crippen molar-refractivity contribution in [2.45, 2.75) is 10.8 Å². The summed E-state index contributed by atoms with van der Waals surface area (Å²) < 4.78 is 2.50. The number of hydrogen-bond acceptors (Lipinski definition) is 1. The number of anilines is 3. The Morgan fingerprint density at radius 3 is 1.30 bits per heavy atom. The van der Waals surface area contributed by atoms with Crippen LogP contribution in [0.3, 0.4) is 0 Å². The molecule has 1 aromatic heterocycles. The number of fused-ring (bicyclic) bond motifs is 10. The van der Waals surface area contributed by atoms with Crippen molar-refractivity contribution in [1.29, 1.82) is 0 Å². The molecule has 1 atom stereocenters. The second kappa shape index (κ2) is 16.5. The summed E-state index contributed by atoms with van der Waals surface area (Å²) in [5.41, 5.74) is 20.7. The topological polar surface area (TPSA) is 8.17 Å². The van der Waals surface area contributed by atoms with Gasteiger partial charge in [0, 0.05) is 33.2 Å². The third-order valence-electron chi connectivity index (χ3n) is 16.3. The van der Waals surface area contributed by atoms with E-state index in [2.05, 4.69) is 301 Å². The summed E-state index contributed by atoms with van der Waals surface area (Å²) >= 11 is 0. The van der Waals surface area contributed by atoms with E-state index in [0.29, 0.717) is 0 Å². The normalized spacial score (nSPS) is 14.9. The van der Waals surface area contributed by atoms with Gasteiger partial charge in [-0.3, -0.25) is 0 Å². The van der Waals surface area contributed by atoms with Crippen molar-refractivity contribution in [2.24, 2.45) is 0 Å². The van der Waals surface area contributed by atoms with Gasteiger partial charge in [0.05, 0.1) is 27.6 Å². The highest BCUT2D eigenvalue weighted by Crippen LogP contribution is 2.60. The SMILES string of the molecule is c1ccc(N(c2ccc3c(c2)C(c2ccccc2)(c2ccccc2)c2ccccc2-3)c2ccc3c(c2)C(c2ccccc2)(c2ccc4c5ccccc5n(-c5cccc6ccccc56)c4c2)c2ccccc2-3)cc1. The average molecular weight is 941 g/mol. The van der Waals surface area contributed by atoms with Gasteiger partial charge >= 0.3 is 0 Å². The Balaban J connectivity index is 0.997. The predicted octanol–water partition coefficient (Wildman–Crippen LogP) is 18.1. The standard InChI is InChI=1S/C72H48N2/c1-5-24-50(25-6-1)71(51-26-7-2-8-27-51)64-36-18-15-33-58(64)60-44-41-55(47-66(60)71)73(54-30-11-4-12-31-54)56-42-45-61-59-34-16-19-37-65(59)72(67(61)48-56,52-28-9-3-10-29-52)53-40-43-63-62-35-17-20-38-69(62)74(70(63)46-53)68-39-21-23-49-22-13-14-32-57(49)68/h1-48H. The minimum Gasteiger partial charge on any atom is -0.310 e. The van der Waals surface area contributed by atoms with Gasteiger partial charge in [-0.1, -0.05) is 237 Å². The largest absolute Gasteiger partial charge is 0.310 e. The van der Waals surface area contributed by atoms with Gasteiger partial charge in [0.25, 0.3) is 0 Å². The Kier molecular flexibility index (Phi) is 9.43. The van der Waals surface area contributed by atoms with Crippen LogP contribution in [-0.4, -0.2) is 4.57 Å². The van der Waals surface area contributed by atoms with E-state index in [9.17, 15) is 0 Å². The minimum absolute atomic E-state index is 0.540. The lowest BCUT2D eigenvalue weighted by Gasteiger charge is -2.36. The van der Waals surface area contributed by atoms with Crippen molar-refractivity contribution in [1.82, 2.24) is 4.57 Å². The fourth-order valence-electron chi connectivity index (χ4n) is 13.3. The van der Waals surface area contributed by atoms with Crippen LogP contribution in [0.5, 0.6) is 0 Å². The van der Waals surface area contributed by atoms with E-state index in [1.807, 2.05) is 0 Å². The van der Waals surface area contributed by atoms with E-state index in [0.717, 1.165) is 17.1 Å². The van der Waals surface area contributed by atoms with Crippen molar-refractivity contribution >= 4 is 49.6 Å². The summed E-state index contributed by atoms with van der Waals surface area (Å²) in [7, 11) is 0. The lowest BCUT2D eigenvalue weighted by molar-refractivity contribution is 0.768. The molecule has 13 aromatic rings. The number of nitrogens with zero attached hydrogens (tertiary/aromatic N) is 2. The zero-order valence-electron chi connectivity index (χ0n) is 40.6. The molecule has 12 aromatic carbocycles. The maximum Gasteiger partial charge on any atom is 0.0715 e. The maximum absolute atomic E-state index is 2.50. The molecule has 0 spiro atoms. The highest BCUT2D eigenvalue weighted by atomic mass is 15.1. The molecule has 346 valence electrons. The Labute approximate surface area is 431 Å². The van der Waals surface area contributed by atoms with Gasteiger partial charge in [-0.15, -0.1) is 0 Å². The molecule has 2 aliphatic carbocycles. The molecule has 74 heavy (non-hydrogen) atoms. The van der Waals surface area contributed by atoms with E-state index >= 15 is 0 Å². The van der Waals surface area contributed by atoms with Gasteiger partial charge in [0.1, 0.15) is 0 Å².